The van der Waals surface area contributed by atoms with Crippen molar-refractivity contribution in [3.63, 3.8) is 0 Å². The van der Waals surface area contributed by atoms with E-state index in [0.717, 1.165) is 12.1 Å². The Morgan fingerprint density at radius 2 is 1.61 bits per heavy atom. The monoisotopic (exact) mass is 260 g/mol. The van der Waals surface area contributed by atoms with E-state index in [0.29, 0.717) is 6.07 Å². The highest BCUT2D eigenvalue weighted by molar-refractivity contribution is 6.34. The van der Waals surface area contributed by atoms with Crippen molar-refractivity contribution in [2.24, 2.45) is 0 Å². The summed E-state index contributed by atoms with van der Waals surface area (Å²) in [6.45, 7) is 0. The largest absolute Gasteiger partial charge is 0.707 e. The van der Waals surface area contributed by atoms with Crippen LogP contribution in [0.25, 0.3) is 10.8 Å². The highest BCUT2D eigenvalue weighted by atomic mass is 19.2. The molecule has 0 fully saturated rings. The van der Waals surface area contributed by atoms with Crippen LogP contribution >= 0.6 is 0 Å². The molecule has 2 aromatic carbocycles. The standard InChI is InChI=1S/C10H5BF4O3/c12-5-1-2-7(18-11(16)17)4-3-6(13)9(14)10(15)8(4)5/h1-3,16-17H. The summed E-state index contributed by atoms with van der Waals surface area (Å²) in [7, 11) is -2.25. The Morgan fingerprint density at radius 1 is 0.944 bits per heavy atom. The van der Waals surface area contributed by atoms with E-state index in [1.807, 2.05) is 0 Å². The number of benzene rings is 2. The Balaban J connectivity index is 2.81. The molecule has 0 unspecified atom stereocenters. The van der Waals surface area contributed by atoms with Gasteiger partial charge in [0.1, 0.15) is 11.6 Å². The minimum atomic E-state index is -2.25. The molecule has 0 aliphatic rings. The van der Waals surface area contributed by atoms with E-state index in [1.165, 1.54) is 0 Å². The lowest BCUT2D eigenvalue weighted by Crippen LogP contribution is -2.20. The van der Waals surface area contributed by atoms with Crippen molar-refractivity contribution in [1.29, 1.82) is 0 Å². The SMILES string of the molecule is OB(O)Oc1ccc(F)c2c(F)c(F)c(F)cc12. The molecule has 0 heterocycles. The van der Waals surface area contributed by atoms with Crippen molar-refractivity contribution < 1.29 is 32.3 Å². The van der Waals surface area contributed by atoms with Gasteiger partial charge in [0.05, 0.1) is 5.39 Å². The van der Waals surface area contributed by atoms with Crippen LogP contribution in [0, 0.1) is 23.3 Å². The average Bonchev–Trinajstić information content (AvgIpc) is 2.29. The number of hydrogen-bond donors (Lipinski definition) is 2. The summed E-state index contributed by atoms with van der Waals surface area (Å²) < 4.78 is 57.2. The van der Waals surface area contributed by atoms with Crippen molar-refractivity contribution in [2.75, 3.05) is 0 Å². The first-order chi connectivity index (χ1) is 8.41. The van der Waals surface area contributed by atoms with Crippen LogP contribution in [0.3, 0.4) is 0 Å². The molecule has 0 bridgehead atoms. The van der Waals surface area contributed by atoms with Gasteiger partial charge in [-0.25, -0.2) is 17.6 Å². The zero-order chi connectivity index (χ0) is 13.4. The van der Waals surface area contributed by atoms with Crippen LogP contribution < -0.4 is 4.65 Å². The van der Waals surface area contributed by atoms with Crippen LogP contribution in [0.5, 0.6) is 5.75 Å². The van der Waals surface area contributed by atoms with Crippen LogP contribution in [0.4, 0.5) is 17.6 Å². The summed E-state index contributed by atoms with van der Waals surface area (Å²) in [5.41, 5.74) is 0. The van der Waals surface area contributed by atoms with Gasteiger partial charge in [-0.1, -0.05) is 0 Å². The molecule has 2 rings (SSSR count). The highest BCUT2D eigenvalue weighted by Crippen LogP contribution is 2.32. The Hall–Kier alpha value is -1.80. The molecular formula is C10H5BF4O3. The zero-order valence-electron chi connectivity index (χ0n) is 8.62. The predicted molar refractivity (Wildman–Crippen MR) is 54.6 cm³/mol. The van der Waals surface area contributed by atoms with Gasteiger partial charge in [-0.15, -0.1) is 0 Å². The molecule has 8 heteroatoms. The topological polar surface area (TPSA) is 49.7 Å². The van der Waals surface area contributed by atoms with Crippen molar-refractivity contribution in [3.05, 3.63) is 41.5 Å². The molecule has 18 heavy (non-hydrogen) atoms. The quantitative estimate of drug-likeness (QED) is 0.491. The van der Waals surface area contributed by atoms with E-state index in [2.05, 4.69) is 4.65 Å². The maximum atomic E-state index is 13.4. The molecular weight excluding hydrogens is 255 g/mol. The molecule has 0 amide bonds. The zero-order valence-corrected chi connectivity index (χ0v) is 8.62. The molecule has 0 atom stereocenters. The summed E-state index contributed by atoms with van der Waals surface area (Å²) in [5.74, 6) is -6.58. The van der Waals surface area contributed by atoms with E-state index in [-0.39, 0.29) is 5.75 Å². The molecule has 0 aromatic heterocycles. The van der Waals surface area contributed by atoms with Gasteiger partial charge >= 0.3 is 7.32 Å². The van der Waals surface area contributed by atoms with Gasteiger partial charge in [-0.05, 0) is 18.2 Å². The van der Waals surface area contributed by atoms with Crippen LogP contribution in [0.1, 0.15) is 0 Å². The van der Waals surface area contributed by atoms with E-state index in [4.69, 9.17) is 10.0 Å². The molecule has 2 N–H and O–H groups in total. The number of fused-ring (bicyclic) bond motifs is 1. The summed E-state index contributed by atoms with van der Waals surface area (Å²) in [6, 6.07) is 2.18. The fourth-order valence-electron chi connectivity index (χ4n) is 1.56. The number of hydrogen-bond acceptors (Lipinski definition) is 3. The van der Waals surface area contributed by atoms with E-state index >= 15 is 0 Å². The van der Waals surface area contributed by atoms with Crippen molar-refractivity contribution in [2.45, 2.75) is 0 Å². The van der Waals surface area contributed by atoms with Gasteiger partial charge in [0.25, 0.3) is 0 Å². The summed E-state index contributed by atoms with van der Waals surface area (Å²) in [6.07, 6.45) is 0. The maximum Gasteiger partial charge on any atom is 0.707 e. The van der Waals surface area contributed by atoms with Gasteiger partial charge in [-0.2, -0.15) is 0 Å². The third kappa shape index (κ3) is 2.00. The first-order valence-electron chi connectivity index (χ1n) is 4.70. The Morgan fingerprint density at radius 3 is 2.22 bits per heavy atom. The molecule has 0 saturated carbocycles. The minimum Gasteiger partial charge on any atom is -0.511 e. The molecule has 94 valence electrons. The van der Waals surface area contributed by atoms with E-state index in [1.54, 1.807) is 0 Å². The smallest absolute Gasteiger partial charge is 0.511 e. The second-order valence-corrected chi connectivity index (χ2v) is 3.40. The lowest BCUT2D eigenvalue weighted by atomic mass is 10.1. The number of rotatable bonds is 2. The third-order valence-corrected chi connectivity index (χ3v) is 2.28. The van der Waals surface area contributed by atoms with Crippen LogP contribution in [-0.4, -0.2) is 17.4 Å². The molecule has 0 radical (unpaired) electrons. The molecule has 2 aromatic rings. The summed E-state index contributed by atoms with van der Waals surface area (Å²) in [5, 5.41) is 15.9. The van der Waals surface area contributed by atoms with Crippen molar-refractivity contribution >= 4 is 18.1 Å². The normalized spacial score (nSPS) is 10.8. The maximum absolute atomic E-state index is 13.4. The summed E-state index contributed by atoms with van der Waals surface area (Å²) in [4.78, 5) is 0. The van der Waals surface area contributed by atoms with Gasteiger partial charge < -0.3 is 14.7 Å². The van der Waals surface area contributed by atoms with Crippen LogP contribution in [-0.2, 0) is 0 Å². The lowest BCUT2D eigenvalue weighted by Gasteiger charge is -2.10. The van der Waals surface area contributed by atoms with Gasteiger partial charge in [0, 0.05) is 5.39 Å². The molecule has 0 aliphatic carbocycles. The Labute approximate surface area is 98.4 Å². The first-order valence-corrected chi connectivity index (χ1v) is 4.70. The fraction of sp³-hybridized carbons (Fsp3) is 0. The molecule has 3 nitrogen and oxygen atoms in total. The van der Waals surface area contributed by atoms with Gasteiger partial charge in [-0.3, -0.25) is 0 Å². The van der Waals surface area contributed by atoms with E-state index < -0.39 is 41.4 Å². The predicted octanol–water partition coefficient (Wildman–Crippen LogP) is 1.74. The third-order valence-electron chi connectivity index (χ3n) is 2.28. The molecule has 0 saturated heterocycles. The van der Waals surface area contributed by atoms with E-state index in [9.17, 15) is 17.6 Å². The second-order valence-electron chi connectivity index (χ2n) is 3.40. The van der Waals surface area contributed by atoms with Crippen LogP contribution in [0.15, 0.2) is 18.2 Å². The van der Waals surface area contributed by atoms with Crippen LogP contribution in [0.2, 0.25) is 0 Å². The fourth-order valence-corrected chi connectivity index (χ4v) is 1.56. The first kappa shape index (κ1) is 12.7. The van der Waals surface area contributed by atoms with Gasteiger partial charge in [0.15, 0.2) is 17.5 Å². The van der Waals surface area contributed by atoms with Crippen molar-refractivity contribution in [1.82, 2.24) is 0 Å². The minimum absolute atomic E-state index is 0.390. The van der Waals surface area contributed by atoms with Crippen molar-refractivity contribution in [3.8, 4) is 5.75 Å². The Kier molecular flexibility index (Phi) is 3.14. The lowest BCUT2D eigenvalue weighted by molar-refractivity contribution is 0.289. The molecule has 0 aliphatic heterocycles. The number of halogens is 4. The second kappa shape index (κ2) is 4.47. The van der Waals surface area contributed by atoms with Gasteiger partial charge in [0.2, 0.25) is 0 Å². The summed E-state index contributed by atoms with van der Waals surface area (Å²) >= 11 is 0. The highest BCUT2D eigenvalue weighted by Gasteiger charge is 2.21. The average molecular weight is 260 g/mol. The Bertz CT molecular complexity index is 618. The molecule has 0 spiro atoms.